The summed E-state index contributed by atoms with van der Waals surface area (Å²) in [5.74, 6) is -0.254. The second-order valence-corrected chi connectivity index (χ2v) is 5.93. The van der Waals surface area contributed by atoms with E-state index < -0.39 is 0 Å². The van der Waals surface area contributed by atoms with E-state index in [0.717, 1.165) is 5.56 Å². The maximum absolute atomic E-state index is 12.9. The molecular formula is C17H15ClFN5O. The summed E-state index contributed by atoms with van der Waals surface area (Å²) in [4.78, 5) is 13.3. The predicted octanol–water partition coefficient (Wildman–Crippen LogP) is 3.01. The lowest BCUT2D eigenvalue weighted by molar-refractivity contribution is -0.122. The largest absolute Gasteiger partial charge is 0.348 e. The highest BCUT2D eigenvalue weighted by molar-refractivity contribution is 6.30. The van der Waals surface area contributed by atoms with E-state index in [1.807, 2.05) is 19.1 Å². The van der Waals surface area contributed by atoms with Gasteiger partial charge in [0.15, 0.2) is 0 Å². The molecule has 0 unspecified atom stereocenters. The van der Waals surface area contributed by atoms with Gasteiger partial charge in [-0.05, 0) is 54.1 Å². The number of nitrogens with zero attached hydrogens (tertiary/aromatic N) is 4. The van der Waals surface area contributed by atoms with Crippen LogP contribution in [0.1, 0.15) is 18.5 Å². The van der Waals surface area contributed by atoms with Crippen LogP contribution in [0.15, 0.2) is 48.5 Å². The van der Waals surface area contributed by atoms with Crippen molar-refractivity contribution in [1.82, 2.24) is 25.5 Å². The molecule has 0 aliphatic carbocycles. The molecule has 2 aromatic carbocycles. The quantitative estimate of drug-likeness (QED) is 0.760. The number of carbonyl (C=O) groups excluding carboxylic acids is 1. The van der Waals surface area contributed by atoms with Gasteiger partial charge in [0.1, 0.15) is 12.4 Å². The van der Waals surface area contributed by atoms with Gasteiger partial charge in [0, 0.05) is 10.6 Å². The summed E-state index contributed by atoms with van der Waals surface area (Å²) in [5, 5.41) is 15.4. The van der Waals surface area contributed by atoms with Crippen LogP contribution in [-0.2, 0) is 11.3 Å². The highest BCUT2D eigenvalue weighted by atomic mass is 35.5. The molecule has 3 rings (SSSR count). The molecule has 0 saturated heterocycles. The van der Waals surface area contributed by atoms with Crippen LogP contribution in [0.4, 0.5) is 4.39 Å². The zero-order chi connectivity index (χ0) is 17.8. The lowest BCUT2D eigenvalue weighted by Gasteiger charge is -2.14. The van der Waals surface area contributed by atoms with Crippen LogP contribution in [-0.4, -0.2) is 26.1 Å². The van der Waals surface area contributed by atoms with Crippen molar-refractivity contribution < 1.29 is 9.18 Å². The van der Waals surface area contributed by atoms with Crippen LogP contribution in [0.5, 0.6) is 0 Å². The lowest BCUT2D eigenvalue weighted by Crippen LogP contribution is -2.30. The predicted molar refractivity (Wildman–Crippen MR) is 91.2 cm³/mol. The van der Waals surface area contributed by atoms with Crippen molar-refractivity contribution in [3.63, 3.8) is 0 Å². The van der Waals surface area contributed by atoms with E-state index in [4.69, 9.17) is 11.6 Å². The molecule has 0 aliphatic rings. The number of hydrogen-bond acceptors (Lipinski definition) is 4. The molecule has 8 heteroatoms. The van der Waals surface area contributed by atoms with E-state index in [0.29, 0.717) is 16.4 Å². The first kappa shape index (κ1) is 17.0. The molecule has 0 aliphatic heterocycles. The first-order valence-electron chi connectivity index (χ1n) is 7.60. The van der Waals surface area contributed by atoms with Gasteiger partial charge in [0.25, 0.3) is 0 Å². The molecule has 0 spiro atoms. The summed E-state index contributed by atoms with van der Waals surface area (Å²) < 4.78 is 12.9. The minimum Gasteiger partial charge on any atom is -0.348 e. The van der Waals surface area contributed by atoms with Crippen LogP contribution >= 0.6 is 11.6 Å². The fraction of sp³-hybridized carbons (Fsp3) is 0.176. The van der Waals surface area contributed by atoms with E-state index in [1.54, 1.807) is 24.3 Å². The fourth-order valence-corrected chi connectivity index (χ4v) is 2.40. The minimum atomic E-state index is -0.341. The monoisotopic (exact) mass is 359 g/mol. The third kappa shape index (κ3) is 4.39. The molecule has 0 fully saturated rings. The van der Waals surface area contributed by atoms with Crippen LogP contribution in [0.3, 0.4) is 0 Å². The number of tetrazole rings is 1. The van der Waals surface area contributed by atoms with Gasteiger partial charge >= 0.3 is 0 Å². The highest BCUT2D eigenvalue weighted by Crippen LogP contribution is 2.16. The van der Waals surface area contributed by atoms with Gasteiger partial charge in [-0.1, -0.05) is 23.7 Å². The number of aromatic nitrogens is 4. The summed E-state index contributed by atoms with van der Waals surface area (Å²) in [7, 11) is 0. The van der Waals surface area contributed by atoms with E-state index >= 15 is 0 Å². The number of rotatable bonds is 5. The maximum Gasteiger partial charge on any atom is 0.244 e. The lowest BCUT2D eigenvalue weighted by atomic mass is 10.1. The van der Waals surface area contributed by atoms with E-state index in [9.17, 15) is 9.18 Å². The van der Waals surface area contributed by atoms with E-state index in [1.165, 1.54) is 16.9 Å². The number of nitrogens with one attached hydrogen (secondary N) is 1. The zero-order valence-electron chi connectivity index (χ0n) is 13.4. The Hall–Kier alpha value is -2.80. The van der Waals surface area contributed by atoms with Gasteiger partial charge in [-0.25, -0.2) is 4.39 Å². The van der Waals surface area contributed by atoms with Gasteiger partial charge in [0.05, 0.1) is 6.04 Å². The third-order valence-electron chi connectivity index (χ3n) is 3.59. The molecule has 1 N–H and O–H groups in total. The van der Waals surface area contributed by atoms with Crippen molar-refractivity contribution in [3.8, 4) is 11.4 Å². The summed E-state index contributed by atoms with van der Waals surface area (Å²) in [5.41, 5.74) is 1.57. The topological polar surface area (TPSA) is 72.7 Å². The van der Waals surface area contributed by atoms with Gasteiger partial charge < -0.3 is 5.32 Å². The maximum atomic E-state index is 12.9. The van der Waals surface area contributed by atoms with Gasteiger partial charge in [-0.15, -0.1) is 10.2 Å². The zero-order valence-corrected chi connectivity index (χ0v) is 14.1. The van der Waals surface area contributed by atoms with Crippen molar-refractivity contribution in [2.75, 3.05) is 0 Å². The Morgan fingerprint density at radius 2 is 1.88 bits per heavy atom. The standard InChI is InChI=1S/C17H15ClFN5O/c1-11(12-2-6-14(18)7-3-12)20-16(25)10-24-22-17(21-23-24)13-4-8-15(19)9-5-13/h2-9,11H,10H2,1H3,(H,20,25)/t11-/m0/s1. The van der Waals surface area contributed by atoms with Crippen molar-refractivity contribution in [1.29, 1.82) is 0 Å². The van der Waals surface area contributed by atoms with Gasteiger partial charge in [0.2, 0.25) is 11.7 Å². The second kappa shape index (κ2) is 7.40. The average molecular weight is 360 g/mol. The molecule has 1 atom stereocenters. The first-order chi connectivity index (χ1) is 12.0. The molecule has 6 nitrogen and oxygen atoms in total. The number of benzene rings is 2. The fourth-order valence-electron chi connectivity index (χ4n) is 2.28. The Labute approximate surface area is 148 Å². The second-order valence-electron chi connectivity index (χ2n) is 5.49. The number of halogens is 2. The third-order valence-corrected chi connectivity index (χ3v) is 3.84. The normalized spacial score (nSPS) is 12.0. The van der Waals surface area contributed by atoms with Crippen LogP contribution < -0.4 is 5.32 Å². The Morgan fingerprint density at radius 1 is 1.20 bits per heavy atom. The molecule has 1 amide bonds. The first-order valence-corrected chi connectivity index (χ1v) is 7.97. The summed E-state index contributed by atoms with van der Waals surface area (Å²) >= 11 is 5.86. The van der Waals surface area contributed by atoms with Crippen molar-refractivity contribution in [2.45, 2.75) is 19.5 Å². The molecule has 0 saturated carbocycles. The molecular weight excluding hydrogens is 345 g/mol. The van der Waals surface area contributed by atoms with Crippen molar-refractivity contribution >= 4 is 17.5 Å². The Balaban J connectivity index is 1.61. The van der Waals surface area contributed by atoms with Crippen molar-refractivity contribution in [3.05, 3.63) is 64.9 Å². The molecule has 0 radical (unpaired) electrons. The van der Waals surface area contributed by atoms with Crippen LogP contribution in [0.25, 0.3) is 11.4 Å². The smallest absolute Gasteiger partial charge is 0.244 e. The molecule has 1 aromatic heterocycles. The molecule has 1 heterocycles. The number of amides is 1. The van der Waals surface area contributed by atoms with Crippen molar-refractivity contribution in [2.24, 2.45) is 0 Å². The van der Waals surface area contributed by atoms with E-state index in [-0.39, 0.29) is 24.3 Å². The Kier molecular flexibility index (Phi) is 5.04. The van der Waals surface area contributed by atoms with Crippen LogP contribution in [0.2, 0.25) is 5.02 Å². The van der Waals surface area contributed by atoms with Gasteiger partial charge in [-0.3, -0.25) is 4.79 Å². The molecule has 25 heavy (non-hydrogen) atoms. The highest BCUT2D eigenvalue weighted by Gasteiger charge is 2.13. The number of carbonyl (C=O) groups is 1. The summed E-state index contributed by atoms with van der Waals surface area (Å²) in [6, 6.07) is 12.8. The van der Waals surface area contributed by atoms with Gasteiger partial charge in [-0.2, -0.15) is 4.80 Å². The van der Waals surface area contributed by atoms with E-state index in [2.05, 4.69) is 20.7 Å². The molecule has 3 aromatic rings. The average Bonchev–Trinajstić information content (AvgIpc) is 3.04. The van der Waals surface area contributed by atoms with Crippen LogP contribution in [0, 0.1) is 5.82 Å². The number of hydrogen-bond donors (Lipinski definition) is 1. The Morgan fingerprint density at radius 3 is 2.56 bits per heavy atom. The molecule has 128 valence electrons. The summed E-state index contributed by atoms with van der Waals surface area (Å²) in [6.07, 6.45) is 0. The Bertz CT molecular complexity index is 864. The minimum absolute atomic E-state index is 0.0634. The SMILES string of the molecule is C[C@H](NC(=O)Cn1nnc(-c2ccc(F)cc2)n1)c1ccc(Cl)cc1. The molecule has 0 bridgehead atoms. The summed E-state index contributed by atoms with van der Waals surface area (Å²) in [6.45, 7) is 1.81.